The third kappa shape index (κ3) is 5.43. The lowest BCUT2D eigenvalue weighted by atomic mass is 10.0. The fraction of sp³-hybridized carbons (Fsp3) is 0.483. The largest absolute Gasteiger partial charge is 0.496 e. The predicted molar refractivity (Wildman–Crippen MR) is 150 cm³/mol. The van der Waals surface area contributed by atoms with Gasteiger partial charge in [-0.05, 0) is 56.4 Å². The van der Waals surface area contributed by atoms with Crippen molar-refractivity contribution in [3.8, 4) is 16.5 Å². The van der Waals surface area contributed by atoms with Crippen LogP contribution in [0.25, 0.3) is 10.8 Å². The van der Waals surface area contributed by atoms with Gasteiger partial charge < -0.3 is 33.7 Å². The number of carbonyl (C=O) groups is 2. The van der Waals surface area contributed by atoms with Gasteiger partial charge in [0.25, 0.3) is 5.91 Å². The van der Waals surface area contributed by atoms with Crippen LogP contribution in [-0.4, -0.2) is 73.9 Å². The van der Waals surface area contributed by atoms with Crippen LogP contribution >= 0.6 is 11.3 Å². The summed E-state index contributed by atoms with van der Waals surface area (Å²) in [7, 11) is 1.55. The minimum Gasteiger partial charge on any atom is -0.496 e. The van der Waals surface area contributed by atoms with Gasteiger partial charge in [0, 0.05) is 25.3 Å². The Morgan fingerprint density at radius 2 is 2.07 bits per heavy atom. The van der Waals surface area contributed by atoms with Crippen molar-refractivity contribution in [2.75, 3.05) is 45.0 Å². The number of thiophene rings is 1. The Labute approximate surface area is 241 Å². The first kappa shape index (κ1) is 27.7. The van der Waals surface area contributed by atoms with Crippen molar-refractivity contribution < 1.29 is 32.6 Å². The highest BCUT2D eigenvalue weighted by Gasteiger charge is 2.42. The quantitative estimate of drug-likeness (QED) is 0.418. The number of nitrogens with one attached hydrogen (secondary N) is 1. The molecule has 2 fully saturated rings. The van der Waals surface area contributed by atoms with E-state index in [1.54, 1.807) is 24.3 Å². The van der Waals surface area contributed by atoms with E-state index in [2.05, 4.69) is 15.2 Å². The maximum Gasteiger partial charge on any atom is 0.259 e. The molecule has 3 aromatic rings. The molecule has 3 aliphatic heterocycles. The van der Waals surface area contributed by atoms with Crippen LogP contribution in [0, 0.1) is 12.7 Å². The topological polar surface area (TPSA) is 106 Å². The first-order valence-electron chi connectivity index (χ1n) is 13.9. The minimum atomic E-state index is -0.588. The summed E-state index contributed by atoms with van der Waals surface area (Å²) in [5.41, 5.74) is 1.85. The van der Waals surface area contributed by atoms with Crippen LogP contribution in [0.4, 0.5) is 9.39 Å². The van der Waals surface area contributed by atoms with E-state index < -0.39 is 18.0 Å². The maximum atomic E-state index is 14.6. The van der Waals surface area contributed by atoms with E-state index in [9.17, 15) is 14.0 Å². The highest BCUT2D eigenvalue weighted by Crippen LogP contribution is 2.45. The van der Waals surface area contributed by atoms with Crippen molar-refractivity contribution in [3.63, 3.8) is 0 Å². The van der Waals surface area contributed by atoms with Crippen LogP contribution in [0.3, 0.4) is 0 Å². The van der Waals surface area contributed by atoms with Crippen LogP contribution in [0.15, 0.2) is 35.1 Å². The maximum absolute atomic E-state index is 14.6. The number of anilines is 1. The van der Waals surface area contributed by atoms with E-state index in [4.69, 9.17) is 18.6 Å². The van der Waals surface area contributed by atoms with Gasteiger partial charge in [0.2, 0.25) is 11.8 Å². The monoisotopic (exact) mass is 584 g/mol. The molecule has 1 aromatic carbocycles. The van der Waals surface area contributed by atoms with Gasteiger partial charge in [-0.15, -0.1) is 11.3 Å². The van der Waals surface area contributed by atoms with E-state index >= 15 is 0 Å². The highest BCUT2D eigenvalue weighted by molar-refractivity contribution is 7.20. The van der Waals surface area contributed by atoms with Crippen LogP contribution in [0.1, 0.15) is 53.3 Å². The predicted octanol–water partition coefficient (Wildman–Crippen LogP) is 4.29. The van der Waals surface area contributed by atoms with Crippen molar-refractivity contribution in [1.82, 2.24) is 15.2 Å². The standard InChI is InChI=1S/C29H33FN4O6S/c1-17-24-28(36)34(21-4-3-9-31-26(21)35)16-33(29(24)41-25(17)27-32-10-13-39-27)15-23(40-19-7-11-38-12-8-19)20-14-18(30)5-6-22(20)37-2/h5-6,10,13-14,19,21,23H,3-4,7-9,11-12,15-16H2,1-2H3,(H,31,35)/t21?,23-/m0/s1. The summed E-state index contributed by atoms with van der Waals surface area (Å²) in [6, 6.07) is 3.82. The number of benzene rings is 1. The fourth-order valence-electron chi connectivity index (χ4n) is 5.82. The molecular weight excluding hydrogens is 551 g/mol. The average molecular weight is 585 g/mol. The molecule has 2 aromatic heterocycles. The number of nitrogens with zero attached hydrogens (tertiary/aromatic N) is 3. The van der Waals surface area contributed by atoms with Gasteiger partial charge >= 0.3 is 0 Å². The molecule has 2 amide bonds. The second-order valence-electron chi connectivity index (χ2n) is 10.5. The Kier molecular flexibility index (Phi) is 7.96. The Morgan fingerprint density at radius 3 is 2.80 bits per heavy atom. The van der Waals surface area contributed by atoms with Gasteiger partial charge in [-0.25, -0.2) is 9.37 Å². The second kappa shape index (κ2) is 11.8. The first-order chi connectivity index (χ1) is 19.9. The normalized spacial score (nSPS) is 20.6. The molecule has 218 valence electrons. The van der Waals surface area contributed by atoms with Crippen LogP contribution < -0.4 is 15.0 Å². The van der Waals surface area contributed by atoms with Crippen molar-refractivity contribution >= 4 is 28.2 Å². The molecule has 41 heavy (non-hydrogen) atoms. The van der Waals surface area contributed by atoms with E-state index in [1.807, 2.05) is 6.92 Å². The Balaban J connectivity index is 1.42. The number of amides is 2. The molecule has 0 radical (unpaired) electrons. The number of fused-ring (bicyclic) bond motifs is 1. The molecule has 5 heterocycles. The summed E-state index contributed by atoms with van der Waals surface area (Å²) in [4.78, 5) is 35.7. The number of hydrogen-bond acceptors (Lipinski definition) is 9. The minimum absolute atomic E-state index is 0.0826. The van der Waals surface area contributed by atoms with Crippen LogP contribution in [0.5, 0.6) is 5.75 Å². The summed E-state index contributed by atoms with van der Waals surface area (Å²) in [6.45, 7) is 4.13. The molecule has 3 aliphatic rings. The Hall–Kier alpha value is -3.48. The molecule has 12 heteroatoms. The third-order valence-electron chi connectivity index (χ3n) is 7.92. The van der Waals surface area contributed by atoms with Gasteiger partial charge in [-0.1, -0.05) is 0 Å². The lowest BCUT2D eigenvalue weighted by Gasteiger charge is -2.42. The molecule has 0 bridgehead atoms. The highest BCUT2D eigenvalue weighted by atomic mass is 32.1. The van der Waals surface area contributed by atoms with E-state index in [1.165, 1.54) is 29.7 Å². The zero-order valence-corrected chi connectivity index (χ0v) is 23.9. The third-order valence-corrected chi connectivity index (χ3v) is 9.26. The average Bonchev–Trinajstić information content (AvgIpc) is 3.63. The molecule has 1 unspecified atom stereocenters. The molecule has 0 aliphatic carbocycles. The number of ether oxygens (including phenoxy) is 3. The molecule has 10 nitrogen and oxygen atoms in total. The van der Waals surface area contributed by atoms with Crippen molar-refractivity contribution in [1.29, 1.82) is 0 Å². The Morgan fingerprint density at radius 1 is 1.24 bits per heavy atom. The summed E-state index contributed by atoms with van der Waals surface area (Å²) in [5.74, 6) is 0.196. The zero-order chi connectivity index (χ0) is 28.5. The molecule has 0 spiro atoms. The molecule has 6 rings (SSSR count). The smallest absolute Gasteiger partial charge is 0.259 e. The summed E-state index contributed by atoms with van der Waals surface area (Å²) >= 11 is 1.42. The number of aromatic nitrogens is 1. The van der Waals surface area contributed by atoms with E-state index in [0.29, 0.717) is 55.5 Å². The van der Waals surface area contributed by atoms with Gasteiger partial charge in [0.05, 0.1) is 43.1 Å². The molecular formula is C29H33FN4O6S. The molecule has 0 saturated carbocycles. The number of halogens is 1. The molecule has 2 saturated heterocycles. The van der Waals surface area contributed by atoms with Crippen LogP contribution in [-0.2, 0) is 14.3 Å². The Bertz CT molecular complexity index is 1410. The number of rotatable bonds is 8. The molecule has 1 N–H and O–H groups in total. The SMILES string of the molecule is COc1ccc(F)cc1[C@H](CN1CN(C2CCCNC2=O)C(=O)c2c1sc(-c1ncco1)c2C)OC1CCOCC1. The van der Waals surface area contributed by atoms with Crippen molar-refractivity contribution in [2.24, 2.45) is 0 Å². The first-order valence-corrected chi connectivity index (χ1v) is 14.7. The number of hydrogen-bond donors (Lipinski definition) is 1. The van der Waals surface area contributed by atoms with Crippen molar-refractivity contribution in [2.45, 2.75) is 50.9 Å². The lowest BCUT2D eigenvalue weighted by molar-refractivity contribution is -0.127. The number of oxazole rings is 1. The van der Waals surface area contributed by atoms with Gasteiger partial charge in [0.15, 0.2) is 0 Å². The van der Waals surface area contributed by atoms with E-state index in [0.717, 1.165) is 34.7 Å². The summed E-state index contributed by atoms with van der Waals surface area (Å²) < 4.78 is 38.0. The van der Waals surface area contributed by atoms with Crippen LogP contribution in [0.2, 0.25) is 0 Å². The van der Waals surface area contributed by atoms with Gasteiger partial charge in [0.1, 0.15) is 35.0 Å². The van der Waals surface area contributed by atoms with Crippen molar-refractivity contribution in [3.05, 3.63) is 53.2 Å². The number of carbonyl (C=O) groups excluding carboxylic acids is 2. The summed E-state index contributed by atoms with van der Waals surface area (Å²) in [5, 5.41) is 3.64. The lowest BCUT2D eigenvalue weighted by Crippen LogP contribution is -2.58. The number of methoxy groups -OCH3 is 1. The number of piperidine rings is 1. The van der Waals surface area contributed by atoms with E-state index in [-0.39, 0.29) is 24.6 Å². The van der Waals surface area contributed by atoms with Gasteiger partial charge in [-0.3, -0.25) is 9.59 Å². The second-order valence-corrected chi connectivity index (χ2v) is 11.5. The summed E-state index contributed by atoms with van der Waals surface area (Å²) in [6.07, 6.45) is 5.21. The molecule has 2 atom stereocenters. The zero-order valence-electron chi connectivity index (χ0n) is 23.1. The van der Waals surface area contributed by atoms with Gasteiger partial charge in [-0.2, -0.15) is 0 Å². The fourth-order valence-corrected chi connectivity index (χ4v) is 7.06.